The fraction of sp³-hybridized carbons (Fsp3) is 0.240. The number of carbonyl (C=O) groups excluding carboxylic acids is 1. The van der Waals surface area contributed by atoms with Gasteiger partial charge in [-0.25, -0.2) is 0 Å². The Kier molecular flexibility index (Phi) is 6.63. The number of para-hydroxylation sites is 1. The quantitative estimate of drug-likeness (QED) is 0.576. The van der Waals surface area contributed by atoms with Gasteiger partial charge in [0.2, 0.25) is 5.91 Å². The molecule has 0 fully saturated rings. The topological polar surface area (TPSA) is 50.8 Å². The number of methoxy groups -OCH3 is 1. The zero-order chi connectivity index (χ0) is 21.6. The van der Waals surface area contributed by atoms with Gasteiger partial charge < -0.3 is 19.7 Å². The lowest BCUT2D eigenvalue weighted by Gasteiger charge is -2.38. The van der Waals surface area contributed by atoms with Crippen LogP contribution in [0, 0.1) is 0 Å². The first kappa shape index (κ1) is 21.1. The van der Waals surface area contributed by atoms with E-state index in [0.29, 0.717) is 31.1 Å². The summed E-state index contributed by atoms with van der Waals surface area (Å²) in [7, 11) is 1.63. The Morgan fingerprint density at radius 2 is 1.90 bits per heavy atom. The first-order valence-corrected chi connectivity index (χ1v) is 10.6. The standard InChI is InChI=1S/C25H25ClN2O3/c1-30-23-10-6-5-9-19(23)15-27-25(29)14-21-17-31-24-12-11-20(26)13-22(24)28(21)16-18-7-3-2-4-8-18/h2-13,21H,14-17H2,1H3,(H,27,29)/t21-/m0/s1. The summed E-state index contributed by atoms with van der Waals surface area (Å²) in [5, 5.41) is 3.65. The first-order chi connectivity index (χ1) is 15.1. The van der Waals surface area contributed by atoms with Crippen LogP contribution in [0.3, 0.4) is 0 Å². The molecule has 1 aliphatic heterocycles. The van der Waals surface area contributed by atoms with Gasteiger partial charge in [0.1, 0.15) is 18.1 Å². The molecule has 160 valence electrons. The molecule has 0 aromatic heterocycles. The van der Waals surface area contributed by atoms with E-state index >= 15 is 0 Å². The molecule has 0 saturated carbocycles. The molecule has 5 nitrogen and oxygen atoms in total. The average Bonchev–Trinajstić information content (AvgIpc) is 2.80. The molecule has 0 saturated heterocycles. The number of nitrogens with zero attached hydrogens (tertiary/aromatic N) is 1. The molecule has 1 heterocycles. The monoisotopic (exact) mass is 436 g/mol. The third-order valence-corrected chi connectivity index (χ3v) is 5.62. The van der Waals surface area contributed by atoms with Gasteiger partial charge in [-0.15, -0.1) is 0 Å². The van der Waals surface area contributed by atoms with Crippen molar-refractivity contribution in [3.8, 4) is 11.5 Å². The summed E-state index contributed by atoms with van der Waals surface area (Å²) in [6, 6.07) is 23.4. The van der Waals surface area contributed by atoms with Gasteiger partial charge in [-0.05, 0) is 29.8 Å². The second-order valence-corrected chi connectivity index (χ2v) is 7.92. The van der Waals surface area contributed by atoms with Crippen molar-refractivity contribution < 1.29 is 14.3 Å². The molecule has 1 atom stereocenters. The van der Waals surface area contributed by atoms with Gasteiger partial charge in [-0.1, -0.05) is 60.1 Å². The Bertz CT molecular complexity index is 1040. The molecule has 4 rings (SSSR count). The number of amides is 1. The number of rotatable bonds is 7. The van der Waals surface area contributed by atoms with E-state index in [1.165, 1.54) is 0 Å². The number of nitrogens with one attached hydrogen (secondary N) is 1. The van der Waals surface area contributed by atoms with E-state index in [1.54, 1.807) is 7.11 Å². The third-order valence-electron chi connectivity index (χ3n) is 5.39. The lowest BCUT2D eigenvalue weighted by molar-refractivity contribution is -0.121. The van der Waals surface area contributed by atoms with E-state index in [1.807, 2.05) is 60.7 Å². The number of fused-ring (bicyclic) bond motifs is 1. The highest BCUT2D eigenvalue weighted by Gasteiger charge is 2.29. The molecule has 1 amide bonds. The van der Waals surface area contributed by atoms with Crippen LogP contribution in [0.5, 0.6) is 11.5 Å². The summed E-state index contributed by atoms with van der Waals surface area (Å²) >= 11 is 6.27. The number of benzene rings is 3. The maximum atomic E-state index is 12.8. The van der Waals surface area contributed by atoms with Crippen molar-refractivity contribution in [2.24, 2.45) is 0 Å². The van der Waals surface area contributed by atoms with Crippen LogP contribution in [-0.2, 0) is 17.9 Å². The number of anilines is 1. The minimum absolute atomic E-state index is 0.0388. The average molecular weight is 437 g/mol. The Hall–Kier alpha value is -3.18. The van der Waals surface area contributed by atoms with E-state index in [-0.39, 0.29) is 11.9 Å². The molecule has 0 unspecified atom stereocenters. The predicted octanol–water partition coefficient (Wildman–Crippen LogP) is 4.82. The Morgan fingerprint density at radius 1 is 1.13 bits per heavy atom. The summed E-state index contributed by atoms with van der Waals surface area (Å²) in [6.07, 6.45) is 0.313. The SMILES string of the molecule is COc1ccccc1CNC(=O)C[C@H]1COc2ccc(Cl)cc2N1Cc1ccccc1. The number of ether oxygens (including phenoxy) is 2. The van der Waals surface area contributed by atoms with Gasteiger partial charge in [-0.3, -0.25) is 4.79 Å². The molecule has 6 heteroatoms. The van der Waals surface area contributed by atoms with E-state index in [9.17, 15) is 4.79 Å². The number of halogens is 1. The second-order valence-electron chi connectivity index (χ2n) is 7.48. The van der Waals surface area contributed by atoms with Crippen molar-refractivity contribution in [1.82, 2.24) is 5.32 Å². The smallest absolute Gasteiger partial charge is 0.222 e. The van der Waals surface area contributed by atoms with Gasteiger partial charge in [0.25, 0.3) is 0 Å². The maximum Gasteiger partial charge on any atom is 0.222 e. The highest BCUT2D eigenvalue weighted by atomic mass is 35.5. The van der Waals surface area contributed by atoms with Crippen molar-refractivity contribution in [2.45, 2.75) is 25.6 Å². The van der Waals surface area contributed by atoms with E-state index < -0.39 is 0 Å². The summed E-state index contributed by atoms with van der Waals surface area (Å²) in [6.45, 7) is 1.52. The summed E-state index contributed by atoms with van der Waals surface area (Å²) < 4.78 is 11.3. The normalized spacial score (nSPS) is 15.0. The molecule has 0 bridgehead atoms. The van der Waals surface area contributed by atoms with Gasteiger partial charge >= 0.3 is 0 Å². The van der Waals surface area contributed by atoms with E-state index in [2.05, 4.69) is 22.3 Å². The molecular formula is C25H25ClN2O3. The van der Waals surface area contributed by atoms with Crippen molar-refractivity contribution in [2.75, 3.05) is 18.6 Å². The van der Waals surface area contributed by atoms with Gasteiger partial charge in [0.05, 0.1) is 25.3 Å². The lowest BCUT2D eigenvalue weighted by atomic mass is 10.1. The van der Waals surface area contributed by atoms with Crippen LogP contribution in [0.2, 0.25) is 5.02 Å². The molecule has 31 heavy (non-hydrogen) atoms. The van der Waals surface area contributed by atoms with Crippen LogP contribution in [0.25, 0.3) is 0 Å². The molecule has 3 aromatic rings. The largest absolute Gasteiger partial charge is 0.496 e. The van der Waals surface area contributed by atoms with Crippen LogP contribution in [-0.4, -0.2) is 25.7 Å². The van der Waals surface area contributed by atoms with Crippen LogP contribution in [0.15, 0.2) is 72.8 Å². The summed E-state index contributed by atoms with van der Waals surface area (Å²) in [5.74, 6) is 1.51. The van der Waals surface area contributed by atoms with Crippen LogP contribution in [0.4, 0.5) is 5.69 Å². The van der Waals surface area contributed by atoms with Crippen molar-refractivity contribution >= 4 is 23.2 Å². The molecule has 1 aliphatic rings. The van der Waals surface area contributed by atoms with Crippen LogP contribution >= 0.6 is 11.6 Å². The highest BCUT2D eigenvalue weighted by Crippen LogP contribution is 2.37. The fourth-order valence-electron chi connectivity index (χ4n) is 3.80. The number of hydrogen-bond donors (Lipinski definition) is 1. The minimum Gasteiger partial charge on any atom is -0.496 e. The molecule has 3 aromatic carbocycles. The van der Waals surface area contributed by atoms with Gasteiger partial charge in [0.15, 0.2) is 0 Å². The highest BCUT2D eigenvalue weighted by molar-refractivity contribution is 6.31. The molecule has 1 N–H and O–H groups in total. The van der Waals surface area contributed by atoms with Gasteiger partial charge in [0, 0.05) is 23.7 Å². The molecular weight excluding hydrogens is 412 g/mol. The van der Waals surface area contributed by atoms with Crippen LogP contribution < -0.4 is 19.7 Å². The molecule has 0 spiro atoms. The van der Waals surface area contributed by atoms with Crippen molar-refractivity contribution in [1.29, 1.82) is 0 Å². The maximum absolute atomic E-state index is 12.8. The minimum atomic E-state index is -0.108. The van der Waals surface area contributed by atoms with E-state index in [0.717, 1.165) is 28.3 Å². The zero-order valence-corrected chi connectivity index (χ0v) is 18.1. The predicted molar refractivity (Wildman–Crippen MR) is 123 cm³/mol. The first-order valence-electron chi connectivity index (χ1n) is 10.3. The third kappa shape index (κ3) is 5.12. The summed E-state index contributed by atoms with van der Waals surface area (Å²) in [4.78, 5) is 15.0. The number of carbonyl (C=O) groups is 1. The molecule has 0 aliphatic carbocycles. The Labute approximate surface area is 187 Å². The molecule has 0 radical (unpaired) electrons. The Morgan fingerprint density at radius 3 is 2.71 bits per heavy atom. The second kappa shape index (κ2) is 9.75. The fourth-order valence-corrected chi connectivity index (χ4v) is 3.97. The Balaban J connectivity index is 1.49. The lowest BCUT2D eigenvalue weighted by Crippen LogP contribution is -2.45. The van der Waals surface area contributed by atoms with Crippen molar-refractivity contribution in [3.63, 3.8) is 0 Å². The van der Waals surface area contributed by atoms with Crippen molar-refractivity contribution in [3.05, 3.63) is 88.9 Å². The van der Waals surface area contributed by atoms with E-state index in [4.69, 9.17) is 21.1 Å². The summed E-state index contributed by atoms with van der Waals surface area (Å²) in [5.41, 5.74) is 3.01. The zero-order valence-electron chi connectivity index (χ0n) is 17.4. The van der Waals surface area contributed by atoms with Crippen LogP contribution in [0.1, 0.15) is 17.5 Å². The van der Waals surface area contributed by atoms with Gasteiger partial charge in [-0.2, -0.15) is 0 Å². The number of hydrogen-bond acceptors (Lipinski definition) is 4.